The SMILES string of the molecule is COCCN(Cc1ccccc1)C(=O)CCN=C1NS(=O)(=O)c2ccccc21. The number of nitrogens with zero attached hydrogens (tertiary/aromatic N) is 2. The maximum Gasteiger partial charge on any atom is 0.263 e. The number of carbonyl (C=O) groups excluding carboxylic acids is 1. The first kappa shape index (κ1) is 20.0. The summed E-state index contributed by atoms with van der Waals surface area (Å²) in [5, 5.41) is 0. The number of methoxy groups -OCH3 is 1. The van der Waals surface area contributed by atoms with Crippen LogP contribution in [0.15, 0.2) is 64.5 Å². The summed E-state index contributed by atoms with van der Waals surface area (Å²) in [5.74, 6) is 0.231. The highest BCUT2D eigenvalue weighted by atomic mass is 32.2. The lowest BCUT2D eigenvalue weighted by Crippen LogP contribution is -2.34. The monoisotopic (exact) mass is 401 g/mol. The molecule has 1 N–H and O–H groups in total. The number of amides is 1. The lowest BCUT2D eigenvalue weighted by atomic mass is 10.2. The molecule has 0 unspecified atom stereocenters. The van der Waals surface area contributed by atoms with Crippen LogP contribution in [-0.4, -0.2) is 51.9 Å². The molecule has 1 heterocycles. The number of hydrogen-bond acceptors (Lipinski definition) is 5. The summed E-state index contributed by atoms with van der Waals surface area (Å²) in [7, 11) is -1.97. The lowest BCUT2D eigenvalue weighted by Gasteiger charge is -2.22. The molecule has 2 aromatic rings. The Kier molecular flexibility index (Phi) is 6.43. The molecule has 7 nitrogen and oxygen atoms in total. The molecule has 0 radical (unpaired) electrons. The van der Waals surface area contributed by atoms with E-state index in [-0.39, 0.29) is 29.6 Å². The number of nitrogens with one attached hydrogen (secondary N) is 1. The van der Waals surface area contributed by atoms with Gasteiger partial charge in [-0.25, -0.2) is 8.42 Å². The Morgan fingerprint density at radius 2 is 1.82 bits per heavy atom. The van der Waals surface area contributed by atoms with Crippen LogP contribution in [0.2, 0.25) is 0 Å². The van der Waals surface area contributed by atoms with Crippen LogP contribution in [0.5, 0.6) is 0 Å². The minimum absolute atomic E-state index is 0.0561. The summed E-state index contributed by atoms with van der Waals surface area (Å²) in [4.78, 5) is 18.9. The van der Waals surface area contributed by atoms with Gasteiger partial charge in [0.2, 0.25) is 5.91 Å². The summed E-state index contributed by atoms with van der Waals surface area (Å²) < 4.78 is 31.8. The van der Waals surface area contributed by atoms with Gasteiger partial charge in [0.05, 0.1) is 18.0 Å². The van der Waals surface area contributed by atoms with Gasteiger partial charge in [0.15, 0.2) is 0 Å². The number of sulfonamides is 1. The maximum atomic E-state index is 12.7. The highest BCUT2D eigenvalue weighted by molar-refractivity contribution is 7.90. The van der Waals surface area contributed by atoms with Crippen molar-refractivity contribution in [3.05, 3.63) is 65.7 Å². The van der Waals surface area contributed by atoms with E-state index in [1.54, 1.807) is 30.2 Å². The quantitative estimate of drug-likeness (QED) is 0.730. The largest absolute Gasteiger partial charge is 0.383 e. The van der Waals surface area contributed by atoms with Gasteiger partial charge in [-0.1, -0.05) is 42.5 Å². The Balaban J connectivity index is 1.65. The molecule has 0 aromatic heterocycles. The number of aliphatic imine (C=N–C) groups is 1. The van der Waals surface area contributed by atoms with E-state index in [1.807, 2.05) is 30.3 Å². The molecule has 1 amide bonds. The van der Waals surface area contributed by atoms with Crippen molar-refractivity contribution in [2.24, 2.45) is 4.99 Å². The summed E-state index contributed by atoms with van der Waals surface area (Å²) >= 11 is 0. The van der Waals surface area contributed by atoms with E-state index in [9.17, 15) is 13.2 Å². The number of benzene rings is 2. The van der Waals surface area contributed by atoms with Gasteiger partial charge in [-0.05, 0) is 17.7 Å². The first-order valence-corrected chi connectivity index (χ1v) is 10.5. The van der Waals surface area contributed by atoms with E-state index in [2.05, 4.69) is 9.71 Å². The zero-order valence-electron chi connectivity index (χ0n) is 15.7. The molecule has 8 heteroatoms. The van der Waals surface area contributed by atoms with E-state index in [1.165, 1.54) is 6.07 Å². The van der Waals surface area contributed by atoms with Crippen molar-refractivity contribution in [3.8, 4) is 0 Å². The van der Waals surface area contributed by atoms with E-state index in [0.29, 0.717) is 25.3 Å². The molecule has 1 aliphatic rings. The van der Waals surface area contributed by atoms with Crippen LogP contribution in [0.3, 0.4) is 0 Å². The van der Waals surface area contributed by atoms with E-state index in [0.717, 1.165) is 5.56 Å². The average molecular weight is 401 g/mol. The second kappa shape index (κ2) is 8.99. The molecule has 0 saturated heterocycles. The Labute approximate surface area is 165 Å². The van der Waals surface area contributed by atoms with Gasteiger partial charge in [-0.3, -0.25) is 14.5 Å². The van der Waals surface area contributed by atoms with Gasteiger partial charge in [0, 0.05) is 32.2 Å². The summed E-state index contributed by atoms with van der Waals surface area (Å²) in [6.07, 6.45) is 0.184. The lowest BCUT2D eigenvalue weighted by molar-refractivity contribution is -0.132. The van der Waals surface area contributed by atoms with E-state index < -0.39 is 10.0 Å². The smallest absolute Gasteiger partial charge is 0.263 e. The summed E-state index contributed by atoms with van der Waals surface area (Å²) in [6.45, 7) is 1.62. The maximum absolute atomic E-state index is 12.7. The molecular formula is C20H23N3O4S. The molecular weight excluding hydrogens is 378 g/mol. The van der Waals surface area contributed by atoms with Crippen LogP contribution in [-0.2, 0) is 26.1 Å². The molecule has 148 valence electrons. The molecule has 0 saturated carbocycles. The molecule has 0 bridgehead atoms. The van der Waals surface area contributed by atoms with Crippen LogP contribution >= 0.6 is 0 Å². The summed E-state index contributed by atoms with van der Waals surface area (Å²) in [6, 6.07) is 16.4. The van der Waals surface area contributed by atoms with Crippen molar-refractivity contribution in [2.45, 2.75) is 17.9 Å². The van der Waals surface area contributed by atoms with Crippen LogP contribution in [0.1, 0.15) is 17.5 Å². The van der Waals surface area contributed by atoms with Gasteiger partial charge in [-0.2, -0.15) is 0 Å². The molecule has 1 aliphatic heterocycles. The Morgan fingerprint density at radius 1 is 1.11 bits per heavy atom. The second-order valence-corrected chi connectivity index (χ2v) is 8.03. The van der Waals surface area contributed by atoms with Crippen LogP contribution < -0.4 is 4.72 Å². The zero-order valence-corrected chi connectivity index (χ0v) is 16.5. The van der Waals surface area contributed by atoms with Crippen LogP contribution in [0.4, 0.5) is 0 Å². The number of amidine groups is 1. The van der Waals surface area contributed by atoms with Gasteiger partial charge in [0.25, 0.3) is 10.0 Å². The van der Waals surface area contributed by atoms with Crippen molar-refractivity contribution in [3.63, 3.8) is 0 Å². The fraction of sp³-hybridized carbons (Fsp3) is 0.300. The predicted octanol–water partition coefficient (Wildman–Crippen LogP) is 1.79. The molecule has 0 fully saturated rings. The van der Waals surface area contributed by atoms with Gasteiger partial charge in [-0.15, -0.1) is 0 Å². The molecule has 0 aliphatic carbocycles. The number of fused-ring (bicyclic) bond motifs is 1. The van der Waals surface area contributed by atoms with Crippen molar-refractivity contribution < 1.29 is 17.9 Å². The third-order valence-corrected chi connectivity index (χ3v) is 5.79. The van der Waals surface area contributed by atoms with Crippen LogP contribution in [0, 0.1) is 0 Å². The Hall–Kier alpha value is -2.71. The minimum Gasteiger partial charge on any atom is -0.383 e. The van der Waals surface area contributed by atoms with Crippen molar-refractivity contribution in [1.29, 1.82) is 0 Å². The molecule has 2 aromatic carbocycles. The van der Waals surface area contributed by atoms with Gasteiger partial charge in [0.1, 0.15) is 5.84 Å². The number of carbonyl (C=O) groups is 1. The third-order valence-electron chi connectivity index (χ3n) is 4.39. The Morgan fingerprint density at radius 3 is 2.57 bits per heavy atom. The first-order valence-electron chi connectivity index (χ1n) is 8.98. The normalized spacial score (nSPS) is 15.8. The number of ether oxygens (including phenoxy) is 1. The first-order chi connectivity index (χ1) is 13.5. The van der Waals surface area contributed by atoms with Crippen molar-refractivity contribution >= 4 is 21.8 Å². The number of hydrogen-bond donors (Lipinski definition) is 1. The standard InChI is InChI=1S/C20H23N3O4S/c1-27-14-13-23(15-16-7-3-2-4-8-16)19(24)11-12-21-20-17-9-5-6-10-18(17)28(25,26)22-20/h2-10H,11-15H2,1H3,(H,21,22). The molecule has 0 spiro atoms. The number of rotatable bonds is 8. The van der Waals surface area contributed by atoms with E-state index >= 15 is 0 Å². The zero-order chi connectivity index (χ0) is 20.0. The highest BCUT2D eigenvalue weighted by Gasteiger charge is 2.30. The minimum atomic E-state index is -3.57. The average Bonchev–Trinajstić information content (AvgIpc) is 2.96. The predicted molar refractivity (Wildman–Crippen MR) is 107 cm³/mol. The van der Waals surface area contributed by atoms with Crippen LogP contribution in [0.25, 0.3) is 0 Å². The topological polar surface area (TPSA) is 88.1 Å². The second-order valence-electron chi connectivity index (χ2n) is 6.38. The Bertz CT molecular complexity index is 958. The van der Waals surface area contributed by atoms with Gasteiger partial charge >= 0.3 is 0 Å². The highest BCUT2D eigenvalue weighted by Crippen LogP contribution is 2.22. The molecule has 3 rings (SSSR count). The van der Waals surface area contributed by atoms with E-state index in [4.69, 9.17) is 4.74 Å². The fourth-order valence-corrected chi connectivity index (χ4v) is 4.22. The van der Waals surface area contributed by atoms with Crippen molar-refractivity contribution in [1.82, 2.24) is 9.62 Å². The van der Waals surface area contributed by atoms with Crippen molar-refractivity contribution in [2.75, 3.05) is 26.8 Å². The fourth-order valence-electron chi connectivity index (χ4n) is 2.97. The molecule has 0 atom stereocenters. The third kappa shape index (κ3) is 4.76. The summed E-state index contributed by atoms with van der Waals surface area (Å²) in [5.41, 5.74) is 1.58. The molecule has 28 heavy (non-hydrogen) atoms. The van der Waals surface area contributed by atoms with Gasteiger partial charge < -0.3 is 9.64 Å².